The van der Waals surface area contributed by atoms with Crippen molar-refractivity contribution in [1.82, 2.24) is 14.6 Å². The maximum atomic E-state index is 13.1. The van der Waals surface area contributed by atoms with Gasteiger partial charge < -0.3 is 5.73 Å². The van der Waals surface area contributed by atoms with Crippen molar-refractivity contribution in [3.63, 3.8) is 0 Å². The van der Waals surface area contributed by atoms with Gasteiger partial charge in [0.1, 0.15) is 5.82 Å². The normalized spacial score (nSPS) is 11.0. The number of nitrogen functional groups attached to an aromatic ring is 1. The molecule has 2 aromatic heterocycles. The molecule has 2 N–H and O–H groups in total. The number of hydrogen-bond acceptors (Lipinski definition) is 3. The molecular weight excluding hydrogens is 299 g/mol. The predicted octanol–water partition coefficient (Wildman–Crippen LogP) is 2.88. The predicted molar refractivity (Wildman–Crippen MR) is 70.5 cm³/mol. The smallest absolute Gasteiger partial charge is 0.169 e. The van der Waals surface area contributed by atoms with E-state index in [0.29, 0.717) is 21.6 Å². The van der Waals surface area contributed by atoms with Crippen LogP contribution in [0.2, 0.25) is 0 Å². The topological polar surface area (TPSA) is 56.2 Å². The van der Waals surface area contributed by atoms with Crippen LogP contribution < -0.4 is 5.73 Å². The van der Waals surface area contributed by atoms with Crippen LogP contribution in [0.4, 0.5) is 10.1 Å². The summed E-state index contributed by atoms with van der Waals surface area (Å²) in [4.78, 5) is 0. The second kappa shape index (κ2) is 4.06. The molecular formula is C12H8BrFN4. The van der Waals surface area contributed by atoms with E-state index in [1.54, 1.807) is 28.8 Å². The molecule has 0 bridgehead atoms. The van der Waals surface area contributed by atoms with Gasteiger partial charge in [-0.15, -0.1) is 10.2 Å². The average Bonchev–Trinajstić information content (AvgIpc) is 2.72. The van der Waals surface area contributed by atoms with Gasteiger partial charge in [0, 0.05) is 21.9 Å². The van der Waals surface area contributed by atoms with Crippen LogP contribution in [0.3, 0.4) is 0 Å². The van der Waals surface area contributed by atoms with Crippen molar-refractivity contribution >= 4 is 27.3 Å². The van der Waals surface area contributed by atoms with E-state index in [1.807, 2.05) is 0 Å². The monoisotopic (exact) mass is 306 g/mol. The first-order chi connectivity index (χ1) is 8.65. The summed E-state index contributed by atoms with van der Waals surface area (Å²) in [6, 6.07) is 7.96. The second-order valence-corrected chi connectivity index (χ2v) is 4.69. The Labute approximate surface area is 110 Å². The summed E-state index contributed by atoms with van der Waals surface area (Å²) < 4.78 is 15.5. The molecule has 1 aromatic carbocycles. The van der Waals surface area contributed by atoms with Crippen LogP contribution in [0.5, 0.6) is 0 Å². The van der Waals surface area contributed by atoms with Crippen LogP contribution in [0.1, 0.15) is 0 Å². The van der Waals surface area contributed by atoms with Gasteiger partial charge in [0.05, 0.1) is 0 Å². The van der Waals surface area contributed by atoms with Crippen molar-refractivity contribution in [3.05, 3.63) is 46.8 Å². The van der Waals surface area contributed by atoms with E-state index in [-0.39, 0.29) is 5.82 Å². The van der Waals surface area contributed by atoms with E-state index < -0.39 is 0 Å². The standard InChI is InChI=1S/C12H8BrFN4/c13-10-5-7(14)1-3-9(10)12-17-16-11-4-2-8(15)6-18(11)12/h1-6H,15H2. The Bertz CT molecular complexity index is 738. The maximum Gasteiger partial charge on any atom is 0.169 e. The second-order valence-electron chi connectivity index (χ2n) is 3.84. The van der Waals surface area contributed by atoms with Gasteiger partial charge in [0.25, 0.3) is 0 Å². The highest BCUT2D eigenvalue weighted by Gasteiger charge is 2.11. The Morgan fingerprint density at radius 2 is 2.00 bits per heavy atom. The molecule has 3 rings (SSSR count). The fourth-order valence-electron chi connectivity index (χ4n) is 1.76. The lowest BCUT2D eigenvalue weighted by atomic mass is 10.2. The lowest BCUT2D eigenvalue weighted by Gasteiger charge is -2.03. The zero-order valence-corrected chi connectivity index (χ0v) is 10.7. The number of benzene rings is 1. The summed E-state index contributed by atoms with van der Waals surface area (Å²) in [7, 11) is 0. The lowest BCUT2D eigenvalue weighted by Crippen LogP contribution is -1.93. The number of pyridine rings is 1. The third-order valence-corrected chi connectivity index (χ3v) is 3.25. The van der Waals surface area contributed by atoms with E-state index in [2.05, 4.69) is 26.1 Å². The number of nitrogens with zero attached hydrogens (tertiary/aromatic N) is 3. The van der Waals surface area contributed by atoms with Crippen LogP contribution in [0, 0.1) is 5.82 Å². The van der Waals surface area contributed by atoms with E-state index in [0.717, 1.165) is 5.56 Å². The van der Waals surface area contributed by atoms with Gasteiger partial charge in [-0.3, -0.25) is 4.40 Å². The number of aromatic nitrogens is 3. The first-order valence-electron chi connectivity index (χ1n) is 5.21. The number of fused-ring (bicyclic) bond motifs is 1. The van der Waals surface area contributed by atoms with Gasteiger partial charge in [-0.1, -0.05) is 0 Å². The summed E-state index contributed by atoms with van der Waals surface area (Å²) in [5, 5.41) is 8.14. The van der Waals surface area contributed by atoms with E-state index in [1.165, 1.54) is 12.1 Å². The van der Waals surface area contributed by atoms with Gasteiger partial charge in [0.15, 0.2) is 11.5 Å². The Balaban J connectivity index is 2.28. The quantitative estimate of drug-likeness (QED) is 0.752. The third-order valence-electron chi connectivity index (χ3n) is 2.60. The molecule has 0 aliphatic rings. The van der Waals surface area contributed by atoms with E-state index in [9.17, 15) is 4.39 Å². The molecule has 0 saturated carbocycles. The molecule has 0 spiro atoms. The van der Waals surface area contributed by atoms with Gasteiger partial charge in [-0.2, -0.15) is 0 Å². The van der Waals surface area contributed by atoms with Crippen LogP contribution in [-0.4, -0.2) is 14.6 Å². The van der Waals surface area contributed by atoms with E-state index in [4.69, 9.17) is 5.73 Å². The fourth-order valence-corrected chi connectivity index (χ4v) is 2.29. The summed E-state index contributed by atoms with van der Waals surface area (Å²) >= 11 is 3.32. The van der Waals surface area contributed by atoms with E-state index >= 15 is 0 Å². The molecule has 18 heavy (non-hydrogen) atoms. The first kappa shape index (κ1) is 11.2. The number of hydrogen-bond donors (Lipinski definition) is 1. The zero-order chi connectivity index (χ0) is 12.7. The fraction of sp³-hybridized carbons (Fsp3) is 0. The Morgan fingerprint density at radius 1 is 1.17 bits per heavy atom. The van der Waals surface area contributed by atoms with Crippen molar-refractivity contribution in [2.45, 2.75) is 0 Å². The molecule has 0 aliphatic heterocycles. The highest BCUT2D eigenvalue weighted by atomic mass is 79.9. The van der Waals surface area contributed by atoms with Crippen molar-refractivity contribution in [2.24, 2.45) is 0 Å². The van der Waals surface area contributed by atoms with Gasteiger partial charge >= 0.3 is 0 Å². The molecule has 6 heteroatoms. The molecule has 3 aromatic rings. The molecule has 0 amide bonds. The van der Waals surface area contributed by atoms with Crippen molar-refractivity contribution in [3.8, 4) is 11.4 Å². The molecule has 0 fully saturated rings. The van der Waals surface area contributed by atoms with Gasteiger partial charge in [-0.25, -0.2) is 4.39 Å². The van der Waals surface area contributed by atoms with Crippen LogP contribution in [-0.2, 0) is 0 Å². The van der Waals surface area contributed by atoms with Crippen molar-refractivity contribution < 1.29 is 4.39 Å². The van der Waals surface area contributed by atoms with Crippen molar-refractivity contribution in [2.75, 3.05) is 5.73 Å². The molecule has 4 nitrogen and oxygen atoms in total. The molecule has 0 saturated heterocycles. The first-order valence-corrected chi connectivity index (χ1v) is 6.00. The molecule has 0 unspecified atom stereocenters. The van der Waals surface area contributed by atoms with Crippen LogP contribution in [0.25, 0.3) is 17.0 Å². The maximum absolute atomic E-state index is 13.1. The molecule has 2 heterocycles. The number of halogens is 2. The number of anilines is 1. The summed E-state index contributed by atoms with van der Waals surface area (Å²) in [5.74, 6) is 0.308. The number of rotatable bonds is 1. The summed E-state index contributed by atoms with van der Waals surface area (Å²) in [6.45, 7) is 0. The minimum Gasteiger partial charge on any atom is -0.398 e. The minimum atomic E-state index is -0.307. The Kier molecular flexibility index (Phi) is 2.52. The summed E-state index contributed by atoms with van der Waals surface area (Å²) in [6.07, 6.45) is 1.74. The lowest BCUT2D eigenvalue weighted by molar-refractivity contribution is 0.627. The Morgan fingerprint density at radius 3 is 2.78 bits per heavy atom. The summed E-state index contributed by atoms with van der Waals surface area (Å²) in [5.41, 5.74) is 7.81. The zero-order valence-electron chi connectivity index (χ0n) is 9.14. The highest BCUT2D eigenvalue weighted by Crippen LogP contribution is 2.28. The van der Waals surface area contributed by atoms with Crippen LogP contribution >= 0.6 is 15.9 Å². The van der Waals surface area contributed by atoms with Crippen molar-refractivity contribution in [1.29, 1.82) is 0 Å². The Hall–Kier alpha value is -1.95. The average molecular weight is 307 g/mol. The molecule has 0 atom stereocenters. The van der Waals surface area contributed by atoms with Gasteiger partial charge in [0.2, 0.25) is 0 Å². The third kappa shape index (κ3) is 1.74. The van der Waals surface area contributed by atoms with Gasteiger partial charge in [-0.05, 0) is 46.3 Å². The minimum absolute atomic E-state index is 0.307. The SMILES string of the molecule is Nc1ccc2nnc(-c3ccc(F)cc3Br)n2c1. The number of nitrogens with two attached hydrogens (primary N) is 1. The molecule has 0 radical (unpaired) electrons. The largest absolute Gasteiger partial charge is 0.398 e. The van der Waals surface area contributed by atoms with Crippen LogP contribution in [0.15, 0.2) is 41.0 Å². The highest BCUT2D eigenvalue weighted by molar-refractivity contribution is 9.10. The molecule has 90 valence electrons. The molecule has 0 aliphatic carbocycles.